The average Bonchev–Trinajstić information content (AvgIpc) is 2.70. The molecule has 2 unspecified atom stereocenters. The third-order valence-electron chi connectivity index (χ3n) is 2.49. The Hall–Kier alpha value is -0.420. The topological polar surface area (TPSA) is 44.5 Å². The van der Waals surface area contributed by atoms with E-state index in [9.17, 15) is 0 Å². The molecule has 0 aliphatic heterocycles. The Morgan fingerprint density at radius 3 is 2.62 bits per heavy atom. The lowest BCUT2D eigenvalue weighted by Gasteiger charge is -2.22. The molecule has 0 fully saturated rings. The van der Waals surface area contributed by atoms with E-state index in [1.807, 2.05) is 0 Å². The molecule has 3 nitrogen and oxygen atoms in total. The summed E-state index contributed by atoms with van der Waals surface area (Å²) in [6, 6.07) is 4.26. The predicted octanol–water partition coefficient (Wildman–Crippen LogP) is 2.50. The molecule has 2 N–H and O–H groups in total. The van der Waals surface area contributed by atoms with E-state index >= 15 is 0 Å². The van der Waals surface area contributed by atoms with E-state index in [2.05, 4.69) is 26.0 Å². The predicted molar refractivity (Wildman–Crippen MR) is 67.9 cm³/mol. The van der Waals surface area contributed by atoms with Crippen LogP contribution in [0.5, 0.6) is 0 Å². The number of nitrogens with two attached hydrogens (primary N) is 1. The van der Waals surface area contributed by atoms with Crippen molar-refractivity contribution in [3.05, 3.63) is 21.9 Å². The lowest BCUT2D eigenvalue weighted by Crippen LogP contribution is -2.29. The molecule has 4 heteroatoms. The fourth-order valence-electron chi connectivity index (χ4n) is 1.50. The SMILES string of the molecule is CCC(N)C(OCCOC)c1ccc(C)s1. The molecule has 1 aromatic heterocycles. The minimum absolute atomic E-state index is 0.00106. The highest BCUT2D eigenvalue weighted by molar-refractivity contribution is 7.12. The fraction of sp³-hybridized carbons (Fsp3) is 0.667. The number of hydrogen-bond acceptors (Lipinski definition) is 4. The number of aryl methyl sites for hydroxylation is 1. The van der Waals surface area contributed by atoms with Gasteiger partial charge in [-0.3, -0.25) is 0 Å². The van der Waals surface area contributed by atoms with Crippen molar-refractivity contribution in [3.63, 3.8) is 0 Å². The van der Waals surface area contributed by atoms with Crippen LogP contribution in [-0.4, -0.2) is 26.4 Å². The average molecular weight is 243 g/mol. The van der Waals surface area contributed by atoms with Crippen molar-refractivity contribution in [2.75, 3.05) is 20.3 Å². The van der Waals surface area contributed by atoms with E-state index in [0.29, 0.717) is 13.2 Å². The minimum Gasteiger partial charge on any atom is -0.382 e. The zero-order valence-corrected chi connectivity index (χ0v) is 11.0. The van der Waals surface area contributed by atoms with E-state index in [1.165, 1.54) is 9.75 Å². The van der Waals surface area contributed by atoms with Crippen molar-refractivity contribution < 1.29 is 9.47 Å². The highest BCUT2D eigenvalue weighted by atomic mass is 32.1. The molecule has 0 aliphatic carbocycles. The van der Waals surface area contributed by atoms with Gasteiger partial charge in [0.2, 0.25) is 0 Å². The third kappa shape index (κ3) is 3.87. The number of ether oxygens (including phenoxy) is 2. The molecule has 1 aromatic rings. The summed E-state index contributed by atoms with van der Waals surface area (Å²) in [6.45, 7) is 5.37. The summed E-state index contributed by atoms with van der Waals surface area (Å²) in [7, 11) is 1.67. The second kappa shape index (κ2) is 7.01. The van der Waals surface area contributed by atoms with Gasteiger partial charge in [-0.2, -0.15) is 0 Å². The van der Waals surface area contributed by atoms with Crippen molar-refractivity contribution >= 4 is 11.3 Å². The Labute approximate surface area is 102 Å². The maximum Gasteiger partial charge on any atom is 0.107 e. The molecule has 16 heavy (non-hydrogen) atoms. The van der Waals surface area contributed by atoms with Gasteiger partial charge in [0.25, 0.3) is 0 Å². The van der Waals surface area contributed by atoms with E-state index < -0.39 is 0 Å². The van der Waals surface area contributed by atoms with Gasteiger partial charge in [-0.1, -0.05) is 6.92 Å². The van der Waals surface area contributed by atoms with Crippen molar-refractivity contribution in [1.29, 1.82) is 0 Å². The molecule has 1 rings (SSSR count). The monoisotopic (exact) mass is 243 g/mol. The summed E-state index contributed by atoms with van der Waals surface area (Å²) in [5, 5.41) is 0. The van der Waals surface area contributed by atoms with Gasteiger partial charge in [-0.15, -0.1) is 11.3 Å². The first-order valence-corrected chi connectivity index (χ1v) is 6.43. The molecule has 1 heterocycles. The van der Waals surface area contributed by atoms with Crippen LogP contribution in [0.2, 0.25) is 0 Å². The molecule has 0 saturated heterocycles. The number of hydrogen-bond donors (Lipinski definition) is 1. The molecule has 2 atom stereocenters. The zero-order valence-electron chi connectivity index (χ0n) is 10.2. The van der Waals surface area contributed by atoms with Crippen molar-refractivity contribution in [1.82, 2.24) is 0 Å². The second-order valence-corrected chi connectivity index (χ2v) is 5.12. The quantitative estimate of drug-likeness (QED) is 0.748. The summed E-state index contributed by atoms with van der Waals surface area (Å²) in [4.78, 5) is 2.50. The Bertz CT molecular complexity index is 301. The van der Waals surface area contributed by atoms with E-state index in [0.717, 1.165) is 6.42 Å². The van der Waals surface area contributed by atoms with E-state index in [-0.39, 0.29) is 12.1 Å². The minimum atomic E-state index is -0.00106. The van der Waals surface area contributed by atoms with Crippen LogP contribution in [0, 0.1) is 6.92 Å². The summed E-state index contributed by atoms with van der Waals surface area (Å²) >= 11 is 1.75. The van der Waals surface area contributed by atoms with Crippen LogP contribution in [-0.2, 0) is 9.47 Å². The molecule has 0 amide bonds. The molecule has 0 spiro atoms. The van der Waals surface area contributed by atoms with Gasteiger partial charge in [0.05, 0.1) is 13.2 Å². The molecule has 0 aliphatic rings. The maximum atomic E-state index is 6.08. The molecule has 0 aromatic carbocycles. The largest absolute Gasteiger partial charge is 0.382 e. The normalized spacial score (nSPS) is 15.0. The van der Waals surface area contributed by atoms with Gasteiger partial charge < -0.3 is 15.2 Å². The summed E-state index contributed by atoms with van der Waals surface area (Å²) in [5.41, 5.74) is 6.08. The van der Waals surface area contributed by atoms with Gasteiger partial charge in [0.1, 0.15) is 6.10 Å². The molecular weight excluding hydrogens is 222 g/mol. The van der Waals surface area contributed by atoms with Gasteiger partial charge in [-0.25, -0.2) is 0 Å². The van der Waals surface area contributed by atoms with E-state index in [4.69, 9.17) is 15.2 Å². The van der Waals surface area contributed by atoms with Gasteiger partial charge in [-0.05, 0) is 25.5 Å². The standard InChI is InChI=1S/C12H21NO2S/c1-4-10(13)12(15-8-7-14-3)11-6-5-9(2)16-11/h5-6,10,12H,4,7-8,13H2,1-3H3. The van der Waals surface area contributed by atoms with Gasteiger partial charge in [0.15, 0.2) is 0 Å². The lowest BCUT2D eigenvalue weighted by atomic mass is 10.1. The number of methoxy groups -OCH3 is 1. The summed E-state index contributed by atoms with van der Waals surface area (Å²) < 4.78 is 10.8. The van der Waals surface area contributed by atoms with Crippen LogP contribution in [0.25, 0.3) is 0 Å². The molecule has 0 bridgehead atoms. The summed E-state index contributed by atoms with van der Waals surface area (Å²) in [5.74, 6) is 0. The number of thiophene rings is 1. The number of rotatable bonds is 7. The first-order valence-electron chi connectivity index (χ1n) is 5.61. The maximum absolute atomic E-state index is 6.08. The summed E-state index contributed by atoms with van der Waals surface area (Å²) in [6.07, 6.45) is 0.910. The Kier molecular flexibility index (Phi) is 5.98. The van der Waals surface area contributed by atoms with Crippen molar-refractivity contribution in [3.8, 4) is 0 Å². The van der Waals surface area contributed by atoms with Crippen LogP contribution >= 0.6 is 11.3 Å². The van der Waals surface area contributed by atoms with E-state index in [1.54, 1.807) is 18.4 Å². The Morgan fingerprint density at radius 2 is 2.12 bits per heavy atom. The molecule has 92 valence electrons. The Balaban J connectivity index is 2.63. The smallest absolute Gasteiger partial charge is 0.107 e. The first-order chi connectivity index (χ1) is 7.69. The lowest BCUT2D eigenvalue weighted by molar-refractivity contribution is 0.00454. The highest BCUT2D eigenvalue weighted by Gasteiger charge is 2.20. The zero-order chi connectivity index (χ0) is 12.0. The van der Waals surface area contributed by atoms with Crippen LogP contribution in [0.1, 0.15) is 29.2 Å². The third-order valence-corrected chi connectivity index (χ3v) is 3.55. The molecular formula is C12H21NO2S. The van der Waals surface area contributed by atoms with Crippen LogP contribution < -0.4 is 5.73 Å². The van der Waals surface area contributed by atoms with Gasteiger partial charge >= 0.3 is 0 Å². The second-order valence-electron chi connectivity index (χ2n) is 3.80. The fourth-order valence-corrected chi connectivity index (χ4v) is 2.50. The first kappa shape index (κ1) is 13.6. The van der Waals surface area contributed by atoms with Gasteiger partial charge in [0, 0.05) is 22.9 Å². The van der Waals surface area contributed by atoms with Crippen LogP contribution in [0.3, 0.4) is 0 Å². The Morgan fingerprint density at radius 1 is 1.38 bits per heavy atom. The van der Waals surface area contributed by atoms with Crippen molar-refractivity contribution in [2.24, 2.45) is 5.73 Å². The van der Waals surface area contributed by atoms with Crippen LogP contribution in [0.15, 0.2) is 12.1 Å². The molecule has 0 radical (unpaired) electrons. The molecule has 0 saturated carbocycles. The van der Waals surface area contributed by atoms with Crippen LogP contribution in [0.4, 0.5) is 0 Å². The van der Waals surface area contributed by atoms with Crippen molar-refractivity contribution in [2.45, 2.75) is 32.4 Å². The highest BCUT2D eigenvalue weighted by Crippen LogP contribution is 2.28.